The topological polar surface area (TPSA) is 533 Å². The van der Waals surface area contributed by atoms with Crippen LogP contribution in [0.5, 0.6) is 5.75 Å². The summed E-state index contributed by atoms with van der Waals surface area (Å²) in [7, 11) is 0. The van der Waals surface area contributed by atoms with Crippen molar-refractivity contribution in [1.29, 1.82) is 0 Å². The summed E-state index contributed by atoms with van der Waals surface area (Å²) < 4.78 is 6.03. The smallest absolute Gasteiger partial charge is 0.330 e. The van der Waals surface area contributed by atoms with Crippen LogP contribution in [0.4, 0.5) is 4.79 Å². The normalized spacial score (nSPS) is 16.5. The van der Waals surface area contributed by atoms with Gasteiger partial charge in [-0.2, -0.15) is 0 Å². The number of carboxylic acids is 1. The molecule has 21 N–H and O–H groups in total. The highest BCUT2D eigenvalue weighted by atomic mass is 16.5. The summed E-state index contributed by atoms with van der Waals surface area (Å²) in [6, 6.07) is -0.716. The van der Waals surface area contributed by atoms with E-state index >= 15 is 0 Å². The van der Waals surface area contributed by atoms with E-state index in [-0.39, 0.29) is 94.4 Å². The number of aliphatic hydroxyl groups excluding tert-OH is 1. The lowest BCUT2D eigenvalue weighted by atomic mass is 10.0. The minimum atomic E-state index is -1.80. The summed E-state index contributed by atoms with van der Waals surface area (Å²) in [5, 5.41) is 50.2. The summed E-state index contributed by atoms with van der Waals surface area (Å²) in [5.41, 5.74) is 21.6. The molecule has 2 aliphatic rings. The van der Waals surface area contributed by atoms with Gasteiger partial charge in [-0.1, -0.05) is 44.2 Å². The number of ether oxygens (including phenoxy) is 1. The summed E-state index contributed by atoms with van der Waals surface area (Å²) in [4.78, 5) is 176. The van der Waals surface area contributed by atoms with E-state index in [2.05, 4.69) is 67.9 Å². The molecule has 2 aromatic heterocycles. The number of hydrazine groups is 1. The minimum absolute atomic E-state index is 0.00453. The molecular formula is C61H88N18O16. The first-order chi connectivity index (χ1) is 44.9. The number of hydrogen-bond donors (Lipinski definition) is 18. The predicted molar refractivity (Wildman–Crippen MR) is 342 cm³/mol. The van der Waals surface area contributed by atoms with Gasteiger partial charge in [-0.25, -0.2) is 15.2 Å². The number of aliphatic imine (C=N–C) groups is 1. The number of fused-ring (bicyclic) bond motifs is 1. The van der Waals surface area contributed by atoms with Crippen LogP contribution in [0.15, 0.2) is 72.2 Å². The van der Waals surface area contributed by atoms with Gasteiger partial charge in [-0.05, 0) is 94.5 Å². The van der Waals surface area contributed by atoms with Gasteiger partial charge in [0.1, 0.15) is 60.1 Å². The number of imidazole rings is 1. The summed E-state index contributed by atoms with van der Waals surface area (Å²) >= 11 is 0. The number of aliphatic hydroxyl groups is 1. The standard InChI is InChI=1S/C59H84N18O14.C2H4O2/c1-31(2)22-40(49(82)68-39(12-8-20-64-57(60)61)56(89)77-21-9-13-46(77)55(88)75-76-58(62)90)69-54(87)45(29-91-59(3,4)5)74-50(83)41(23-32-14-16-35(79)17-15-32)70-53(86)44(28-78)73-51(84)42(24-33-26-65-37-11-7-6-10-36(33)37)71-52(85)43(25-34-27-63-30-66-34)72-48(81)38-18-19-47(80)67-38;1-2(3)4/h6-7,10-11,14-17,26-27,30-31,38-46,65,78-79H,8-9,12-13,18-25,28-29H2,1-5H3,(H,63,66)(H,67,80)(H,68,82)(H,69,87)(H,70,86)(H,71,85)(H,72,81)(H,73,84)(H,74,83)(H,75,88)(H4,60,61,64)(H3,62,76,90);1H3,(H,3,4)/t38-,39-,40-,41+,42-,43-,44-,45+,46-;/m0./s1. The van der Waals surface area contributed by atoms with Gasteiger partial charge in [0, 0.05) is 74.7 Å². The quantitative estimate of drug-likeness (QED) is 0.0103. The van der Waals surface area contributed by atoms with Crippen LogP contribution in [-0.4, -0.2) is 198 Å². The minimum Gasteiger partial charge on any atom is -0.508 e. The van der Waals surface area contributed by atoms with E-state index in [1.165, 1.54) is 41.7 Å². The van der Waals surface area contributed by atoms with E-state index in [1.54, 1.807) is 65.1 Å². The molecule has 12 amide bonds. The van der Waals surface area contributed by atoms with Crippen LogP contribution in [0.2, 0.25) is 0 Å². The monoisotopic (exact) mass is 1330 g/mol. The van der Waals surface area contributed by atoms with Crippen LogP contribution in [-0.2, 0) is 76.7 Å². The first-order valence-corrected chi connectivity index (χ1v) is 30.8. The number of nitrogens with one attached hydrogen (secondary N) is 12. The molecule has 2 saturated heterocycles. The van der Waals surface area contributed by atoms with E-state index in [0.717, 1.165) is 6.92 Å². The van der Waals surface area contributed by atoms with Gasteiger partial charge >= 0.3 is 6.03 Å². The zero-order valence-corrected chi connectivity index (χ0v) is 53.7. The Kier molecular flexibility index (Phi) is 28.7. The molecule has 4 aromatic rings. The lowest BCUT2D eigenvalue weighted by Gasteiger charge is -2.31. The fourth-order valence-corrected chi connectivity index (χ4v) is 10.2. The van der Waals surface area contributed by atoms with Crippen molar-refractivity contribution in [1.82, 2.24) is 73.2 Å². The fraction of sp³-hybridized carbons (Fsp3) is 0.508. The number of aromatic hydroxyl groups is 1. The highest BCUT2D eigenvalue weighted by Crippen LogP contribution is 2.22. The van der Waals surface area contributed by atoms with Crippen LogP contribution >= 0.6 is 0 Å². The number of phenolic OH excluding ortho intramolecular Hbond substituents is 1. The number of phenols is 1. The molecule has 9 atom stereocenters. The van der Waals surface area contributed by atoms with E-state index in [1.807, 2.05) is 5.43 Å². The number of guanidine groups is 1. The Morgan fingerprint density at radius 3 is 1.89 bits per heavy atom. The molecule has 34 nitrogen and oxygen atoms in total. The predicted octanol–water partition coefficient (Wildman–Crippen LogP) is -3.01. The van der Waals surface area contributed by atoms with Gasteiger partial charge in [0.25, 0.3) is 11.9 Å². The van der Waals surface area contributed by atoms with Crippen molar-refractivity contribution in [3.8, 4) is 5.75 Å². The number of rotatable bonds is 31. The highest BCUT2D eigenvalue weighted by molar-refractivity contribution is 5.99. The van der Waals surface area contributed by atoms with E-state index in [0.29, 0.717) is 34.1 Å². The van der Waals surface area contributed by atoms with Crippen LogP contribution in [0.1, 0.15) is 103 Å². The van der Waals surface area contributed by atoms with Crippen molar-refractivity contribution < 1.29 is 77.6 Å². The Bertz CT molecular complexity index is 3340. The van der Waals surface area contributed by atoms with Crippen LogP contribution in [0, 0.1) is 5.92 Å². The zero-order chi connectivity index (χ0) is 70.1. The molecule has 0 saturated carbocycles. The molecule has 34 heteroatoms. The number of likely N-dealkylation sites (tertiary alicyclic amines) is 1. The number of nitrogens with zero attached hydrogens (tertiary/aromatic N) is 3. The number of carboxylic acid groups (broad SMARTS) is 1. The van der Waals surface area contributed by atoms with E-state index < -0.39 is 138 Å². The SMILES string of the molecule is CC(=O)O.CC(C)C[C@H](NC(=O)[C@@H](COC(C)(C)C)NC(=O)[C@@H](Cc1ccc(O)cc1)NC(=O)[C@H](CO)NC(=O)[C@H](Cc1c[nH]c2ccccc12)NC(=O)[C@H](Cc1cnc[nH]1)NC(=O)[C@@H]1CCC(=O)N1)C(=O)N[C@@H](CCCN=C(N)N)C(=O)N1CCC[C@H]1C(=O)NNC(N)=O. The molecule has 2 aromatic carbocycles. The Morgan fingerprint density at radius 2 is 1.31 bits per heavy atom. The van der Waals surface area contributed by atoms with Gasteiger partial charge in [0.05, 0.1) is 25.1 Å². The van der Waals surface area contributed by atoms with Crippen molar-refractivity contribution in [3.63, 3.8) is 0 Å². The second-order valence-corrected chi connectivity index (χ2v) is 24.2. The Morgan fingerprint density at radius 1 is 0.726 bits per heavy atom. The number of urea groups is 1. The molecule has 0 bridgehead atoms. The number of H-pyrrole nitrogens is 2. The van der Waals surface area contributed by atoms with Crippen molar-refractivity contribution in [2.24, 2.45) is 28.1 Å². The number of benzene rings is 2. The number of aliphatic carboxylic acids is 1. The maximum Gasteiger partial charge on any atom is 0.330 e. The molecular weight excluding hydrogens is 1240 g/mol. The number of hydrogen-bond acceptors (Lipinski definition) is 17. The fourth-order valence-electron chi connectivity index (χ4n) is 10.2. The molecule has 0 aliphatic carbocycles. The van der Waals surface area contributed by atoms with Crippen LogP contribution in [0.3, 0.4) is 0 Å². The molecule has 4 heterocycles. The first-order valence-electron chi connectivity index (χ1n) is 30.8. The number of aromatic amines is 2. The van der Waals surface area contributed by atoms with Gasteiger partial charge < -0.3 is 94.7 Å². The lowest BCUT2D eigenvalue weighted by Crippen LogP contribution is -2.62. The number of amides is 12. The van der Waals surface area contributed by atoms with Crippen molar-refractivity contribution in [2.75, 3.05) is 26.3 Å². The molecule has 0 spiro atoms. The highest BCUT2D eigenvalue weighted by Gasteiger charge is 2.40. The largest absolute Gasteiger partial charge is 0.508 e. The number of carbonyl (C=O) groups excluding carboxylic acids is 11. The van der Waals surface area contributed by atoms with Crippen molar-refractivity contribution in [2.45, 2.75) is 166 Å². The number of aromatic nitrogens is 3. The summed E-state index contributed by atoms with van der Waals surface area (Å²) in [6.45, 7) is 8.36. The van der Waals surface area contributed by atoms with Gasteiger partial charge in [-0.3, -0.25) is 63.2 Å². The maximum atomic E-state index is 14.8. The van der Waals surface area contributed by atoms with Gasteiger partial charge in [0.15, 0.2) is 5.96 Å². The third-order valence-electron chi connectivity index (χ3n) is 14.8. The third-order valence-corrected chi connectivity index (χ3v) is 14.8. The first kappa shape index (κ1) is 75.3. The lowest BCUT2D eigenvalue weighted by molar-refractivity contribution is -0.142. The Labute approximate surface area is 546 Å². The molecule has 0 radical (unpaired) electrons. The average molecular weight is 1330 g/mol. The van der Waals surface area contributed by atoms with Crippen molar-refractivity contribution in [3.05, 3.63) is 84.1 Å². The van der Waals surface area contributed by atoms with E-state index in [9.17, 15) is 63.0 Å². The third kappa shape index (κ3) is 24.9. The number of para-hydroxylation sites is 1. The molecule has 2 fully saturated rings. The van der Waals surface area contributed by atoms with Crippen LogP contribution < -0.4 is 70.6 Å². The van der Waals surface area contributed by atoms with Crippen molar-refractivity contribution >= 4 is 87.9 Å². The molecule has 2 aliphatic heterocycles. The summed E-state index contributed by atoms with van der Waals surface area (Å²) in [5.74, 6) is -9.42. The second kappa shape index (κ2) is 36.2. The molecule has 0 unspecified atom stereocenters. The molecule has 95 heavy (non-hydrogen) atoms. The average Bonchev–Trinajstić information content (AvgIpc) is 1.76. The maximum absolute atomic E-state index is 14.8. The van der Waals surface area contributed by atoms with E-state index in [4.69, 9.17) is 31.8 Å². The summed E-state index contributed by atoms with van der Waals surface area (Å²) in [6.07, 6.45) is 4.91. The Balaban J connectivity index is 0.00000397. The van der Waals surface area contributed by atoms with Gasteiger partial charge in [0.2, 0.25) is 53.2 Å². The van der Waals surface area contributed by atoms with Crippen LogP contribution in [0.25, 0.3) is 10.9 Å². The molecule has 6 rings (SSSR count). The zero-order valence-electron chi connectivity index (χ0n) is 53.7. The van der Waals surface area contributed by atoms with Gasteiger partial charge in [-0.15, -0.1) is 0 Å². The number of nitrogens with two attached hydrogens (primary N) is 3. The number of carbonyl (C=O) groups is 12. The number of primary amides is 1. The Hall–Kier alpha value is -10.4. The molecule has 518 valence electrons. The second-order valence-electron chi connectivity index (χ2n) is 24.2.